The predicted molar refractivity (Wildman–Crippen MR) is 77.6 cm³/mol. The number of nitrogens with zero attached hydrogens (tertiary/aromatic N) is 1. The predicted octanol–water partition coefficient (Wildman–Crippen LogP) is 2.38. The Morgan fingerprint density at radius 1 is 1.17 bits per heavy atom. The molecule has 0 radical (unpaired) electrons. The van der Waals surface area contributed by atoms with E-state index in [1.807, 2.05) is 0 Å². The van der Waals surface area contributed by atoms with E-state index in [0.717, 1.165) is 25.9 Å². The molecule has 3 heteroatoms. The normalized spacial score (nSPS) is 23.8. The van der Waals surface area contributed by atoms with Gasteiger partial charge in [0.05, 0.1) is 6.61 Å². The zero-order chi connectivity index (χ0) is 13.6. The van der Waals surface area contributed by atoms with Crippen LogP contribution in [-0.4, -0.2) is 41.8 Å². The lowest BCUT2D eigenvalue weighted by molar-refractivity contribution is 0.0324. The van der Waals surface area contributed by atoms with Gasteiger partial charge in [0.15, 0.2) is 0 Å². The van der Waals surface area contributed by atoms with E-state index in [1.165, 1.54) is 25.7 Å². The van der Waals surface area contributed by atoms with E-state index in [-0.39, 0.29) is 18.7 Å². The molecule has 2 atom stereocenters. The monoisotopic (exact) mass is 256 g/mol. The Bertz CT molecular complexity index is 219. The van der Waals surface area contributed by atoms with Crippen molar-refractivity contribution in [3.63, 3.8) is 0 Å². The highest BCUT2D eigenvalue weighted by atomic mass is 16.3. The maximum Gasteiger partial charge on any atom is 0.0601 e. The van der Waals surface area contributed by atoms with Gasteiger partial charge >= 0.3 is 0 Å². The highest BCUT2D eigenvalue weighted by Crippen LogP contribution is 2.38. The molecule has 1 rings (SSSR count). The first kappa shape index (κ1) is 15.9. The van der Waals surface area contributed by atoms with Gasteiger partial charge < -0.3 is 10.8 Å². The van der Waals surface area contributed by atoms with E-state index < -0.39 is 0 Å². The second-order valence-corrected chi connectivity index (χ2v) is 5.95. The van der Waals surface area contributed by atoms with Gasteiger partial charge in [-0.2, -0.15) is 0 Å². The molecule has 0 amide bonds. The minimum atomic E-state index is 0.121. The summed E-state index contributed by atoms with van der Waals surface area (Å²) >= 11 is 0. The highest BCUT2D eigenvalue weighted by molar-refractivity contribution is 4.89. The lowest BCUT2D eigenvalue weighted by Gasteiger charge is -2.45. The molecule has 0 saturated carbocycles. The van der Waals surface area contributed by atoms with Gasteiger partial charge in [-0.25, -0.2) is 0 Å². The summed E-state index contributed by atoms with van der Waals surface area (Å²) in [5, 5.41) is 9.60. The topological polar surface area (TPSA) is 49.5 Å². The fraction of sp³-hybridized carbons (Fsp3) is 1.00. The maximum atomic E-state index is 9.60. The van der Waals surface area contributed by atoms with Crippen LogP contribution in [-0.2, 0) is 0 Å². The van der Waals surface area contributed by atoms with E-state index in [9.17, 15) is 5.11 Å². The number of hydrogen-bond donors (Lipinski definition) is 2. The SMILES string of the molecule is CCCC(N)C(CO)N1CCC(CC)(CC)CC1. The molecule has 1 aliphatic heterocycles. The van der Waals surface area contributed by atoms with Gasteiger partial charge in [0.25, 0.3) is 0 Å². The molecule has 1 fully saturated rings. The molecule has 18 heavy (non-hydrogen) atoms. The first-order valence-corrected chi connectivity index (χ1v) is 7.73. The van der Waals surface area contributed by atoms with Crippen molar-refractivity contribution in [3.8, 4) is 0 Å². The summed E-state index contributed by atoms with van der Waals surface area (Å²) in [7, 11) is 0. The molecule has 0 aromatic rings. The minimum Gasteiger partial charge on any atom is -0.395 e. The Hall–Kier alpha value is -0.120. The molecular formula is C15H32N2O. The maximum absolute atomic E-state index is 9.60. The Kier molecular flexibility index (Phi) is 6.61. The Balaban J connectivity index is 2.54. The minimum absolute atomic E-state index is 0.121. The summed E-state index contributed by atoms with van der Waals surface area (Å²) < 4.78 is 0. The van der Waals surface area contributed by atoms with Gasteiger partial charge in [-0.3, -0.25) is 4.90 Å². The van der Waals surface area contributed by atoms with E-state index in [1.54, 1.807) is 0 Å². The average molecular weight is 256 g/mol. The molecule has 2 unspecified atom stereocenters. The third-order valence-corrected chi connectivity index (χ3v) is 5.13. The van der Waals surface area contributed by atoms with Gasteiger partial charge in [-0.05, 0) is 37.8 Å². The zero-order valence-corrected chi connectivity index (χ0v) is 12.5. The Morgan fingerprint density at radius 3 is 2.11 bits per heavy atom. The molecule has 3 N–H and O–H groups in total. The second-order valence-electron chi connectivity index (χ2n) is 5.95. The van der Waals surface area contributed by atoms with Crippen molar-refractivity contribution in [3.05, 3.63) is 0 Å². The van der Waals surface area contributed by atoms with Crippen LogP contribution >= 0.6 is 0 Å². The first-order valence-electron chi connectivity index (χ1n) is 7.73. The molecule has 0 bridgehead atoms. The lowest BCUT2D eigenvalue weighted by Crippen LogP contribution is -2.54. The van der Waals surface area contributed by atoms with Crippen LogP contribution in [0.4, 0.5) is 0 Å². The molecule has 0 aromatic carbocycles. The average Bonchev–Trinajstić information content (AvgIpc) is 2.41. The standard InChI is InChI=1S/C15H32N2O/c1-4-7-13(16)14(12-18)17-10-8-15(5-2,6-3)9-11-17/h13-14,18H,4-12,16H2,1-3H3. The summed E-state index contributed by atoms with van der Waals surface area (Å²) in [5.74, 6) is 0. The van der Waals surface area contributed by atoms with Gasteiger partial charge in [-0.15, -0.1) is 0 Å². The van der Waals surface area contributed by atoms with Crippen LogP contribution in [0.3, 0.4) is 0 Å². The van der Waals surface area contributed by atoms with Crippen LogP contribution in [0.15, 0.2) is 0 Å². The lowest BCUT2D eigenvalue weighted by atomic mass is 9.74. The number of aliphatic hydroxyl groups excluding tert-OH is 1. The second kappa shape index (κ2) is 7.46. The van der Waals surface area contributed by atoms with E-state index >= 15 is 0 Å². The van der Waals surface area contributed by atoms with Crippen LogP contribution in [0.5, 0.6) is 0 Å². The van der Waals surface area contributed by atoms with Crippen molar-refractivity contribution < 1.29 is 5.11 Å². The fourth-order valence-corrected chi connectivity index (χ4v) is 3.33. The van der Waals surface area contributed by atoms with Crippen molar-refractivity contribution in [2.75, 3.05) is 19.7 Å². The Labute approximate surface area is 113 Å². The number of aliphatic hydroxyl groups is 1. The van der Waals surface area contributed by atoms with Crippen LogP contribution in [0.2, 0.25) is 0 Å². The van der Waals surface area contributed by atoms with Crippen molar-refractivity contribution in [1.29, 1.82) is 0 Å². The number of piperidine rings is 1. The number of hydrogen-bond acceptors (Lipinski definition) is 3. The summed E-state index contributed by atoms with van der Waals surface area (Å²) in [4.78, 5) is 2.42. The number of likely N-dealkylation sites (tertiary alicyclic amines) is 1. The molecule has 3 nitrogen and oxygen atoms in total. The van der Waals surface area contributed by atoms with Crippen molar-refractivity contribution in [2.24, 2.45) is 11.1 Å². The number of rotatable bonds is 7. The molecule has 1 heterocycles. The zero-order valence-electron chi connectivity index (χ0n) is 12.5. The molecule has 0 aliphatic carbocycles. The van der Waals surface area contributed by atoms with Crippen LogP contribution in [0.25, 0.3) is 0 Å². The van der Waals surface area contributed by atoms with E-state index in [0.29, 0.717) is 5.41 Å². The molecule has 1 saturated heterocycles. The first-order chi connectivity index (χ1) is 8.62. The summed E-state index contributed by atoms with van der Waals surface area (Å²) in [6.07, 6.45) is 7.18. The van der Waals surface area contributed by atoms with Crippen molar-refractivity contribution in [2.45, 2.75) is 71.4 Å². The molecule has 108 valence electrons. The molecule has 1 aliphatic rings. The quantitative estimate of drug-likeness (QED) is 0.735. The summed E-state index contributed by atoms with van der Waals surface area (Å²) in [5.41, 5.74) is 6.75. The van der Waals surface area contributed by atoms with Gasteiger partial charge in [-0.1, -0.05) is 40.0 Å². The van der Waals surface area contributed by atoms with E-state index in [4.69, 9.17) is 5.73 Å². The largest absolute Gasteiger partial charge is 0.395 e. The van der Waals surface area contributed by atoms with Crippen LogP contribution in [0, 0.1) is 5.41 Å². The number of nitrogens with two attached hydrogens (primary N) is 1. The third-order valence-electron chi connectivity index (χ3n) is 5.13. The molecule has 0 aromatic heterocycles. The fourth-order valence-electron chi connectivity index (χ4n) is 3.33. The third kappa shape index (κ3) is 3.69. The summed E-state index contributed by atoms with van der Waals surface area (Å²) in [6.45, 7) is 9.18. The van der Waals surface area contributed by atoms with Gasteiger partial charge in [0.2, 0.25) is 0 Å². The van der Waals surface area contributed by atoms with E-state index in [2.05, 4.69) is 25.7 Å². The van der Waals surface area contributed by atoms with Crippen LogP contribution in [0.1, 0.15) is 59.3 Å². The van der Waals surface area contributed by atoms with Gasteiger partial charge in [0.1, 0.15) is 0 Å². The summed E-state index contributed by atoms with van der Waals surface area (Å²) in [6, 6.07) is 0.285. The molecule has 0 spiro atoms. The van der Waals surface area contributed by atoms with Crippen molar-refractivity contribution in [1.82, 2.24) is 4.90 Å². The highest BCUT2D eigenvalue weighted by Gasteiger charge is 2.34. The smallest absolute Gasteiger partial charge is 0.0601 e. The van der Waals surface area contributed by atoms with Crippen molar-refractivity contribution >= 4 is 0 Å². The van der Waals surface area contributed by atoms with Gasteiger partial charge in [0, 0.05) is 12.1 Å². The Morgan fingerprint density at radius 2 is 1.72 bits per heavy atom. The van der Waals surface area contributed by atoms with Crippen LogP contribution < -0.4 is 5.73 Å². The molecular weight excluding hydrogens is 224 g/mol.